The predicted molar refractivity (Wildman–Crippen MR) is 55.7 cm³/mol. The van der Waals surface area contributed by atoms with Crippen molar-refractivity contribution in [1.82, 2.24) is 5.32 Å². The Morgan fingerprint density at radius 3 is 2.44 bits per heavy atom. The largest absolute Gasteiger partial charge is 0.512 e. The maximum atomic E-state index is 10.2. The number of nitro groups is 2. The van der Waals surface area contributed by atoms with Gasteiger partial charge >= 0.3 is 6.29 Å². The van der Waals surface area contributed by atoms with Crippen molar-refractivity contribution < 1.29 is 9.85 Å². The zero-order valence-electron chi connectivity index (χ0n) is 8.83. The predicted octanol–water partition coefficient (Wildman–Crippen LogP) is -0.00310. The molecule has 0 bridgehead atoms. The molecule has 90 valence electrons. The Morgan fingerprint density at radius 2 is 1.94 bits per heavy atom. The summed E-state index contributed by atoms with van der Waals surface area (Å²) in [5.41, 5.74) is 0. The summed E-state index contributed by atoms with van der Waals surface area (Å²) in [6, 6.07) is 2.42. The zero-order chi connectivity index (χ0) is 12.4. The SMILES string of the molecule is CCN=C=NCCCNC([N+](=O)[O-])[N+](=O)[O-]. The molecule has 9 nitrogen and oxygen atoms in total. The summed E-state index contributed by atoms with van der Waals surface area (Å²) >= 11 is 0. The van der Waals surface area contributed by atoms with Crippen molar-refractivity contribution in [2.24, 2.45) is 9.98 Å². The van der Waals surface area contributed by atoms with E-state index in [2.05, 4.69) is 21.3 Å². The van der Waals surface area contributed by atoms with E-state index >= 15 is 0 Å². The lowest BCUT2D eigenvalue weighted by Crippen LogP contribution is -2.43. The van der Waals surface area contributed by atoms with E-state index < -0.39 is 16.1 Å². The van der Waals surface area contributed by atoms with Crippen LogP contribution in [0.25, 0.3) is 0 Å². The molecule has 0 heterocycles. The average Bonchev–Trinajstić information content (AvgIpc) is 2.21. The van der Waals surface area contributed by atoms with Crippen molar-refractivity contribution in [1.29, 1.82) is 0 Å². The van der Waals surface area contributed by atoms with Crippen LogP contribution >= 0.6 is 0 Å². The molecule has 0 amide bonds. The molecule has 0 aromatic rings. The van der Waals surface area contributed by atoms with Crippen LogP contribution in [0, 0.1) is 20.2 Å². The molecule has 0 aromatic carbocycles. The standard InChI is InChI=1S/C7H13N5O4/c1-2-8-6-9-4-3-5-10-7(11(13)14)12(15)16/h7,10H,2-5H2,1H3. The van der Waals surface area contributed by atoms with Gasteiger partial charge < -0.3 is 0 Å². The van der Waals surface area contributed by atoms with E-state index in [1.165, 1.54) is 0 Å². The third-order valence-corrected chi connectivity index (χ3v) is 1.47. The summed E-state index contributed by atoms with van der Waals surface area (Å²) in [6.45, 7) is 2.94. The third kappa shape index (κ3) is 6.57. The minimum Gasteiger partial charge on any atom is -0.257 e. The fourth-order valence-electron chi connectivity index (χ4n) is 0.786. The van der Waals surface area contributed by atoms with E-state index in [9.17, 15) is 20.2 Å². The first-order valence-corrected chi connectivity index (χ1v) is 4.68. The van der Waals surface area contributed by atoms with Gasteiger partial charge in [0.05, 0.1) is 12.6 Å². The molecular weight excluding hydrogens is 218 g/mol. The monoisotopic (exact) mass is 231 g/mol. The van der Waals surface area contributed by atoms with Crippen molar-refractivity contribution in [2.75, 3.05) is 19.6 Å². The minimum absolute atomic E-state index is 0.143. The highest BCUT2D eigenvalue weighted by atomic mass is 16.7. The molecule has 0 radical (unpaired) electrons. The van der Waals surface area contributed by atoms with Gasteiger partial charge in [0.15, 0.2) is 0 Å². The fraction of sp³-hybridized carbons (Fsp3) is 0.857. The van der Waals surface area contributed by atoms with Gasteiger partial charge in [0.2, 0.25) is 0 Å². The third-order valence-electron chi connectivity index (χ3n) is 1.47. The second kappa shape index (κ2) is 8.45. The molecule has 0 saturated carbocycles. The van der Waals surface area contributed by atoms with Crippen LogP contribution < -0.4 is 5.32 Å². The first-order valence-electron chi connectivity index (χ1n) is 4.68. The van der Waals surface area contributed by atoms with Crippen molar-refractivity contribution in [3.63, 3.8) is 0 Å². The Kier molecular flexibility index (Phi) is 7.47. The molecule has 16 heavy (non-hydrogen) atoms. The molecule has 0 saturated heterocycles. The highest BCUT2D eigenvalue weighted by molar-refractivity contribution is 5.40. The average molecular weight is 231 g/mol. The molecule has 0 rings (SSSR count). The lowest BCUT2D eigenvalue weighted by atomic mass is 10.4. The lowest BCUT2D eigenvalue weighted by Gasteiger charge is -2.02. The van der Waals surface area contributed by atoms with Crippen molar-refractivity contribution in [3.05, 3.63) is 20.2 Å². The molecule has 0 aromatic heterocycles. The van der Waals surface area contributed by atoms with E-state index in [1.54, 1.807) is 0 Å². The summed E-state index contributed by atoms with van der Waals surface area (Å²) in [5, 5.41) is 22.6. The highest BCUT2D eigenvalue weighted by Crippen LogP contribution is 1.87. The van der Waals surface area contributed by atoms with E-state index in [4.69, 9.17) is 0 Å². The first-order chi connectivity index (χ1) is 7.59. The number of hydrogen-bond acceptors (Lipinski definition) is 7. The summed E-state index contributed by atoms with van der Waals surface area (Å²) in [5.74, 6) is 0. The van der Waals surface area contributed by atoms with Crippen LogP contribution in [0.5, 0.6) is 0 Å². The van der Waals surface area contributed by atoms with Crippen LogP contribution in [0.1, 0.15) is 13.3 Å². The quantitative estimate of drug-likeness (QED) is 0.207. The van der Waals surface area contributed by atoms with Gasteiger partial charge in [-0.15, -0.1) is 0 Å². The number of hydrogen-bond donors (Lipinski definition) is 1. The molecule has 0 aliphatic carbocycles. The Bertz CT molecular complexity index is 285. The Labute approximate surface area is 91.6 Å². The Hall–Kier alpha value is -1.86. The maximum Gasteiger partial charge on any atom is 0.512 e. The van der Waals surface area contributed by atoms with Crippen LogP contribution in [-0.2, 0) is 0 Å². The highest BCUT2D eigenvalue weighted by Gasteiger charge is 2.30. The van der Waals surface area contributed by atoms with E-state index in [-0.39, 0.29) is 6.54 Å². The normalized spacial score (nSPS) is 9.62. The molecule has 0 aliphatic rings. The van der Waals surface area contributed by atoms with Gasteiger partial charge in [0.25, 0.3) is 0 Å². The Morgan fingerprint density at radius 1 is 1.31 bits per heavy atom. The molecular formula is C7H13N5O4. The fourth-order valence-corrected chi connectivity index (χ4v) is 0.786. The molecule has 0 unspecified atom stereocenters. The number of aliphatic imine (C=N–C) groups is 2. The van der Waals surface area contributed by atoms with Crippen LogP contribution in [0.4, 0.5) is 0 Å². The number of nitrogens with zero attached hydrogens (tertiary/aromatic N) is 4. The van der Waals surface area contributed by atoms with E-state index in [1.807, 2.05) is 6.92 Å². The molecule has 9 heteroatoms. The summed E-state index contributed by atoms with van der Waals surface area (Å²) in [4.78, 5) is 25.9. The minimum atomic E-state index is -1.95. The van der Waals surface area contributed by atoms with E-state index in [0.717, 1.165) is 0 Å². The van der Waals surface area contributed by atoms with Gasteiger partial charge in [-0.3, -0.25) is 20.2 Å². The molecule has 0 aliphatic heterocycles. The van der Waals surface area contributed by atoms with Gasteiger partial charge in [-0.1, -0.05) is 0 Å². The summed E-state index contributed by atoms with van der Waals surface area (Å²) in [6.07, 6.45) is -1.50. The Balaban J connectivity index is 3.76. The van der Waals surface area contributed by atoms with Crippen LogP contribution in [0.3, 0.4) is 0 Å². The molecule has 0 spiro atoms. The molecule has 1 N–H and O–H groups in total. The van der Waals surface area contributed by atoms with Crippen LogP contribution in [-0.4, -0.2) is 41.8 Å². The summed E-state index contributed by atoms with van der Waals surface area (Å²) < 4.78 is 0. The van der Waals surface area contributed by atoms with Gasteiger partial charge in [0.1, 0.15) is 9.85 Å². The second-order valence-electron chi connectivity index (χ2n) is 2.71. The van der Waals surface area contributed by atoms with Gasteiger partial charge in [-0.2, -0.15) is 5.32 Å². The number of nitrogens with one attached hydrogen (secondary N) is 1. The maximum absolute atomic E-state index is 10.2. The summed E-state index contributed by atoms with van der Waals surface area (Å²) in [7, 11) is 0. The molecule has 0 fully saturated rings. The van der Waals surface area contributed by atoms with Crippen molar-refractivity contribution in [3.8, 4) is 0 Å². The van der Waals surface area contributed by atoms with Gasteiger partial charge in [0, 0.05) is 13.1 Å². The smallest absolute Gasteiger partial charge is 0.257 e. The van der Waals surface area contributed by atoms with Crippen molar-refractivity contribution >= 4 is 6.01 Å². The second-order valence-corrected chi connectivity index (χ2v) is 2.71. The topological polar surface area (TPSA) is 123 Å². The van der Waals surface area contributed by atoms with Gasteiger partial charge in [-0.25, -0.2) is 9.98 Å². The first kappa shape index (κ1) is 14.1. The van der Waals surface area contributed by atoms with Crippen LogP contribution in [0.15, 0.2) is 9.98 Å². The molecule has 0 atom stereocenters. The number of rotatable bonds is 8. The van der Waals surface area contributed by atoms with Gasteiger partial charge in [-0.05, 0) is 13.3 Å². The van der Waals surface area contributed by atoms with Crippen molar-refractivity contribution in [2.45, 2.75) is 19.6 Å². The zero-order valence-corrected chi connectivity index (χ0v) is 8.83. The van der Waals surface area contributed by atoms with Crippen LogP contribution in [0.2, 0.25) is 0 Å². The lowest BCUT2D eigenvalue weighted by molar-refractivity contribution is -0.749. The van der Waals surface area contributed by atoms with E-state index in [0.29, 0.717) is 19.5 Å².